The summed E-state index contributed by atoms with van der Waals surface area (Å²) in [6.45, 7) is 3.28. The smallest absolute Gasteiger partial charge is 0.366 e. The number of ether oxygens (including phenoxy) is 4. The standard InChI is InChI=1S/C20H27N3O5/c1-20(19(24)25-2)27-13-15(14-28-20)6-4-3-5-11-26-16-7-8-17(21-12-16)18-9-10-22-23-18/h7-10,12,15H,3-6,11,13-14H2,1-2H3,(H,22,23). The summed E-state index contributed by atoms with van der Waals surface area (Å²) in [4.78, 5) is 16.0. The van der Waals surface area contributed by atoms with Crippen molar-refractivity contribution in [2.45, 2.75) is 38.4 Å². The quantitative estimate of drug-likeness (QED) is 0.520. The summed E-state index contributed by atoms with van der Waals surface area (Å²) in [7, 11) is 1.33. The van der Waals surface area contributed by atoms with Crippen LogP contribution in [-0.4, -0.2) is 53.9 Å². The minimum Gasteiger partial charge on any atom is -0.492 e. The summed E-state index contributed by atoms with van der Waals surface area (Å²) in [5.74, 6) is -0.687. The monoisotopic (exact) mass is 389 g/mol. The third-order valence-corrected chi connectivity index (χ3v) is 4.78. The maximum Gasteiger partial charge on any atom is 0.366 e. The molecular weight excluding hydrogens is 362 g/mol. The van der Waals surface area contributed by atoms with Crippen molar-refractivity contribution >= 4 is 5.97 Å². The third-order valence-electron chi connectivity index (χ3n) is 4.78. The molecule has 8 nitrogen and oxygen atoms in total. The number of hydrogen-bond donors (Lipinski definition) is 1. The van der Waals surface area contributed by atoms with E-state index in [1.807, 2.05) is 18.2 Å². The first-order valence-electron chi connectivity index (χ1n) is 9.55. The Bertz CT molecular complexity index is 725. The zero-order valence-corrected chi connectivity index (χ0v) is 16.3. The second-order valence-electron chi connectivity index (χ2n) is 6.97. The molecule has 2 aromatic heterocycles. The minimum atomic E-state index is -1.26. The first-order chi connectivity index (χ1) is 13.6. The molecule has 0 spiro atoms. The summed E-state index contributed by atoms with van der Waals surface area (Å²) in [6.07, 6.45) is 7.52. The number of carbonyl (C=O) groups excluding carboxylic acids is 1. The Morgan fingerprint density at radius 1 is 1.25 bits per heavy atom. The van der Waals surface area contributed by atoms with Gasteiger partial charge in [-0.1, -0.05) is 12.8 Å². The summed E-state index contributed by atoms with van der Waals surface area (Å²) in [5.41, 5.74) is 1.72. The number of nitrogens with zero attached hydrogens (tertiary/aromatic N) is 2. The van der Waals surface area contributed by atoms with Crippen LogP contribution in [-0.2, 0) is 19.0 Å². The molecule has 0 bridgehead atoms. The molecule has 1 aliphatic heterocycles. The SMILES string of the molecule is COC(=O)C1(C)OCC(CCCCCOc2ccc(-c3ccn[nH]3)nc2)CO1. The molecule has 28 heavy (non-hydrogen) atoms. The van der Waals surface area contributed by atoms with Crippen LogP contribution in [0.15, 0.2) is 30.6 Å². The number of H-pyrrole nitrogens is 1. The molecule has 3 rings (SSSR count). The minimum absolute atomic E-state index is 0.304. The fourth-order valence-electron chi connectivity index (χ4n) is 3.04. The van der Waals surface area contributed by atoms with E-state index in [2.05, 4.69) is 15.2 Å². The lowest BCUT2D eigenvalue weighted by molar-refractivity contribution is -0.272. The van der Waals surface area contributed by atoms with Crippen LogP contribution in [0.5, 0.6) is 5.75 Å². The Labute approximate surface area is 164 Å². The van der Waals surface area contributed by atoms with E-state index >= 15 is 0 Å². The lowest BCUT2D eigenvalue weighted by atomic mass is 10.0. The van der Waals surface area contributed by atoms with Gasteiger partial charge >= 0.3 is 5.97 Å². The highest BCUT2D eigenvalue weighted by atomic mass is 16.7. The number of esters is 1. The van der Waals surface area contributed by atoms with Gasteiger partial charge in [-0.25, -0.2) is 4.79 Å². The van der Waals surface area contributed by atoms with Gasteiger partial charge in [0.2, 0.25) is 0 Å². The van der Waals surface area contributed by atoms with Crippen molar-refractivity contribution in [3.05, 3.63) is 30.6 Å². The average Bonchev–Trinajstić information content (AvgIpc) is 3.26. The van der Waals surface area contributed by atoms with Gasteiger partial charge in [0.05, 0.1) is 44.5 Å². The molecule has 2 aromatic rings. The first kappa shape index (κ1) is 20.3. The highest BCUT2D eigenvalue weighted by Crippen LogP contribution is 2.25. The molecule has 0 aliphatic carbocycles. The van der Waals surface area contributed by atoms with E-state index < -0.39 is 11.8 Å². The number of hydrogen-bond acceptors (Lipinski definition) is 7. The number of unbranched alkanes of at least 4 members (excludes halogenated alkanes) is 2. The van der Waals surface area contributed by atoms with Crippen molar-refractivity contribution in [2.75, 3.05) is 26.9 Å². The van der Waals surface area contributed by atoms with Crippen molar-refractivity contribution in [1.82, 2.24) is 15.2 Å². The molecular formula is C20H27N3O5. The van der Waals surface area contributed by atoms with E-state index in [1.165, 1.54) is 7.11 Å². The molecule has 8 heteroatoms. The van der Waals surface area contributed by atoms with Crippen molar-refractivity contribution in [3.63, 3.8) is 0 Å². The van der Waals surface area contributed by atoms with Gasteiger partial charge in [-0.05, 0) is 31.0 Å². The molecule has 0 unspecified atom stereocenters. The van der Waals surface area contributed by atoms with E-state index in [9.17, 15) is 4.79 Å². The summed E-state index contributed by atoms with van der Waals surface area (Å²) in [6, 6.07) is 5.70. The van der Waals surface area contributed by atoms with Crippen LogP contribution in [0.25, 0.3) is 11.4 Å². The fraction of sp³-hybridized carbons (Fsp3) is 0.550. The Hall–Kier alpha value is -2.45. The van der Waals surface area contributed by atoms with Gasteiger partial charge in [0.25, 0.3) is 5.79 Å². The normalized spacial score (nSPS) is 22.0. The van der Waals surface area contributed by atoms with Crippen molar-refractivity contribution in [3.8, 4) is 17.1 Å². The maximum absolute atomic E-state index is 11.6. The van der Waals surface area contributed by atoms with Gasteiger partial charge in [-0.2, -0.15) is 5.10 Å². The van der Waals surface area contributed by atoms with E-state index in [-0.39, 0.29) is 0 Å². The molecule has 0 radical (unpaired) electrons. The lowest BCUT2D eigenvalue weighted by Crippen LogP contribution is -2.48. The Kier molecular flexibility index (Phi) is 7.00. The topological polar surface area (TPSA) is 95.6 Å². The second-order valence-corrected chi connectivity index (χ2v) is 6.97. The van der Waals surface area contributed by atoms with E-state index in [4.69, 9.17) is 18.9 Å². The maximum atomic E-state index is 11.6. The van der Waals surface area contributed by atoms with E-state index in [0.717, 1.165) is 42.8 Å². The van der Waals surface area contributed by atoms with Crippen LogP contribution < -0.4 is 4.74 Å². The molecule has 1 aliphatic rings. The number of carbonyl (C=O) groups is 1. The number of aromatic nitrogens is 3. The van der Waals surface area contributed by atoms with Gasteiger partial charge in [-0.3, -0.25) is 10.1 Å². The molecule has 1 N–H and O–H groups in total. The average molecular weight is 389 g/mol. The Balaban J connectivity index is 1.27. The van der Waals surface area contributed by atoms with E-state index in [0.29, 0.717) is 25.7 Å². The van der Waals surface area contributed by atoms with Crippen LogP contribution in [0.4, 0.5) is 0 Å². The molecule has 0 amide bonds. The molecule has 3 heterocycles. The second kappa shape index (κ2) is 9.66. The number of methoxy groups -OCH3 is 1. The molecule has 0 saturated carbocycles. The molecule has 0 atom stereocenters. The number of rotatable bonds is 9. The molecule has 1 fully saturated rings. The lowest BCUT2D eigenvalue weighted by Gasteiger charge is -2.35. The largest absolute Gasteiger partial charge is 0.492 e. The molecule has 1 saturated heterocycles. The van der Waals surface area contributed by atoms with Gasteiger partial charge < -0.3 is 18.9 Å². The fourth-order valence-corrected chi connectivity index (χ4v) is 3.04. The van der Waals surface area contributed by atoms with Crippen LogP contribution in [0.3, 0.4) is 0 Å². The molecule has 152 valence electrons. The highest BCUT2D eigenvalue weighted by molar-refractivity contribution is 5.77. The zero-order valence-electron chi connectivity index (χ0n) is 16.3. The third kappa shape index (κ3) is 5.30. The van der Waals surface area contributed by atoms with Crippen LogP contribution in [0, 0.1) is 5.92 Å². The Morgan fingerprint density at radius 2 is 2.07 bits per heavy atom. The summed E-state index contributed by atoms with van der Waals surface area (Å²) in [5, 5.41) is 6.80. The number of aromatic amines is 1. The summed E-state index contributed by atoms with van der Waals surface area (Å²) >= 11 is 0. The van der Waals surface area contributed by atoms with Crippen LogP contribution in [0.1, 0.15) is 32.6 Å². The van der Waals surface area contributed by atoms with Gasteiger partial charge in [0.1, 0.15) is 5.75 Å². The van der Waals surface area contributed by atoms with Gasteiger partial charge in [-0.15, -0.1) is 0 Å². The zero-order chi connectivity index (χ0) is 19.8. The van der Waals surface area contributed by atoms with Crippen molar-refractivity contribution in [2.24, 2.45) is 5.92 Å². The van der Waals surface area contributed by atoms with Crippen molar-refractivity contribution in [1.29, 1.82) is 0 Å². The molecule has 0 aromatic carbocycles. The Morgan fingerprint density at radius 3 is 2.71 bits per heavy atom. The summed E-state index contributed by atoms with van der Waals surface area (Å²) < 4.78 is 21.6. The van der Waals surface area contributed by atoms with Crippen molar-refractivity contribution < 1.29 is 23.7 Å². The van der Waals surface area contributed by atoms with Gasteiger partial charge in [0.15, 0.2) is 0 Å². The van der Waals surface area contributed by atoms with Gasteiger partial charge in [0, 0.05) is 19.0 Å². The highest BCUT2D eigenvalue weighted by Gasteiger charge is 2.41. The van der Waals surface area contributed by atoms with E-state index in [1.54, 1.807) is 19.3 Å². The number of pyridine rings is 1. The van der Waals surface area contributed by atoms with Crippen LogP contribution >= 0.6 is 0 Å². The number of nitrogens with one attached hydrogen (secondary N) is 1. The first-order valence-corrected chi connectivity index (χ1v) is 9.55. The van der Waals surface area contributed by atoms with Crippen LogP contribution in [0.2, 0.25) is 0 Å². The predicted octanol–water partition coefficient (Wildman–Crippen LogP) is 2.96. The predicted molar refractivity (Wildman–Crippen MR) is 102 cm³/mol.